The summed E-state index contributed by atoms with van der Waals surface area (Å²) in [7, 11) is 0. The number of nitrogens with zero attached hydrogens (tertiary/aromatic N) is 1. The number of carbonyl (C=O) groups excluding carboxylic acids is 1. The first-order valence-electron chi connectivity index (χ1n) is 7.99. The lowest BCUT2D eigenvalue weighted by atomic mass is 9.75. The molecule has 3 fully saturated rings. The molecule has 6 nitrogen and oxygen atoms in total. The number of ether oxygens (including phenoxy) is 1. The highest BCUT2D eigenvalue weighted by Crippen LogP contribution is 2.36. The molecule has 0 aromatic heterocycles. The van der Waals surface area contributed by atoms with Crippen molar-refractivity contribution in [3.8, 4) is 0 Å². The van der Waals surface area contributed by atoms with Crippen molar-refractivity contribution in [2.24, 2.45) is 11.8 Å². The zero-order valence-corrected chi connectivity index (χ0v) is 12.3. The molecule has 1 aliphatic carbocycles. The van der Waals surface area contributed by atoms with Gasteiger partial charge in [-0.25, -0.2) is 9.59 Å². The first-order chi connectivity index (χ1) is 10.1. The summed E-state index contributed by atoms with van der Waals surface area (Å²) in [5, 5.41) is 12.1. The van der Waals surface area contributed by atoms with Crippen LogP contribution in [0.4, 0.5) is 4.79 Å². The summed E-state index contributed by atoms with van der Waals surface area (Å²) in [6, 6.07) is -0.244. The first-order valence-corrected chi connectivity index (χ1v) is 7.99. The van der Waals surface area contributed by atoms with Gasteiger partial charge in [0, 0.05) is 26.1 Å². The topological polar surface area (TPSA) is 78.9 Å². The molecule has 2 heterocycles. The molecule has 21 heavy (non-hydrogen) atoms. The van der Waals surface area contributed by atoms with Crippen LogP contribution in [0, 0.1) is 11.8 Å². The van der Waals surface area contributed by atoms with E-state index < -0.39 is 11.5 Å². The van der Waals surface area contributed by atoms with Gasteiger partial charge in [-0.3, -0.25) is 0 Å². The fraction of sp³-hybridized carbons (Fsp3) is 0.867. The Morgan fingerprint density at radius 3 is 2.62 bits per heavy atom. The number of likely N-dealkylation sites (tertiary alicyclic amines) is 1. The molecule has 3 unspecified atom stereocenters. The molecule has 0 radical (unpaired) electrons. The van der Waals surface area contributed by atoms with E-state index >= 15 is 0 Å². The van der Waals surface area contributed by atoms with E-state index in [2.05, 4.69) is 5.32 Å². The second-order valence-electron chi connectivity index (χ2n) is 6.66. The molecule has 0 aromatic rings. The Morgan fingerprint density at radius 2 is 1.95 bits per heavy atom. The SMILES string of the molecule is O=C(NC1(C(=O)O)CCOC1)N1CCC2CCCCC2C1. The number of nitrogens with one attached hydrogen (secondary N) is 1. The highest BCUT2D eigenvalue weighted by atomic mass is 16.5. The number of carbonyl (C=O) groups is 2. The van der Waals surface area contributed by atoms with Gasteiger partial charge in [-0.2, -0.15) is 0 Å². The van der Waals surface area contributed by atoms with Crippen molar-refractivity contribution in [3.05, 3.63) is 0 Å². The molecule has 118 valence electrons. The van der Waals surface area contributed by atoms with Crippen molar-refractivity contribution in [1.82, 2.24) is 10.2 Å². The highest BCUT2D eigenvalue weighted by molar-refractivity contribution is 5.86. The predicted octanol–water partition coefficient (Wildman–Crippen LogP) is 1.45. The Kier molecular flexibility index (Phi) is 4.06. The van der Waals surface area contributed by atoms with Crippen molar-refractivity contribution >= 4 is 12.0 Å². The Morgan fingerprint density at radius 1 is 1.19 bits per heavy atom. The third-order valence-electron chi connectivity index (χ3n) is 5.36. The number of hydrogen-bond acceptors (Lipinski definition) is 3. The van der Waals surface area contributed by atoms with Crippen LogP contribution >= 0.6 is 0 Å². The summed E-state index contributed by atoms with van der Waals surface area (Å²) in [6.45, 7) is 1.96. The molecule has 2 N–H and O–H groups in total. The van der Waals surface area contributed by atoms with E-state index in [1.54, 1.807) is 4.90 Å². The van der Waals surface area contributed by atoms with Crippen LogP contribution in [0.15, 0.2) is 0 Å². The monoisotopic (exact) mass is 296 g/mol. The van der Waals surface area contributed by atoms with E-state index in [1.807, 2.05) is 0 Å². The highest BCUT2D eigenvalue weighted by Gasteiger charge is 2.45. The quantitative estimate of drug-likeness (QED) is 0.808. The van der Waals surface area contributed by atoms with Gasteiger partial charge >= 0.3 is 12.0 Å². The number of carboxylic acid groups (broad SMARTS) is 1. The van der Waals surface area contributed by atoms with Crippen LogP contribution in [0.3, 0.4) is 0 Å². The molecule has 2 saturated heterocycles. The average molecular weight is 296 g/mol. The van der Waals surface area contributed by atoms with Crippen molar-refractivity contribution < 1.29 is 19.4 Å². The molecule has 3 rings (SSSR count). The molecule has 0 spiro atoms. The number of rotatable bonds is 2. The molecule has 6 heteroatoms. The van der Waals surface area contributed by atoms with Crippen LogP contribution in [0.5, 0.6) is 0 Å². The first kappa shape index (κ1) is 14.6. The van der Waals surface area contributed by atoms with Crippen LogP contribution in [0.2, 0.25) is 0 Å². The van der Waals surface area contributed by atoms with Gasteiger partial charge in [0.05, 0.1) is 6.61 Å². The minimum Gasteiger partial charge on any atom is -0.479 e. The maximum atomic E-state index is 12.4. The Balaban J connectivity index is 1.61. The number of aliphatic carboxylic acids is 1. The van der Waals surface area contributed by atoms with Gasteiger partial charge in [-0.05, 0) is 24.7 Å². The van der Waals surface area contributed by atoms with Crippen LogP contribution in [-0.2, 0) is 9.53 Å². The molecule has 2 amide bonds. The predicted molar refractivity (Wildman–Crippen MR) is 76.0 cm³/mol. The van der Waals surface area contributed by atoms with Crippen molar-refractivity contribution in [2.45, 2.75) is 44.1 Å². The van der Waals surface area contributed by atoms with Gasteiger partial charge in [0.2, 0.25) is 0 Å². The van der Waals surface area contributed by atoms with Gasteiger partial charge in [-0.15, -0.1) is 0 Å². The van der Waals surface area contributed by atoms with E-state index in [0.29, 0.717) is 18.9 Å². The van der Waals surface area contributed by atoms with Crippen molar-refractivity contribution in [1.29, 1.82) is 0 Å². The van der Waals surface area contributed by atoms with Gasteiger partial charge < -0.3 is 20.1 Å². The summed E-state index contributed by atoms with van der Waals surface area (Å²) in [5.74, 6) is 0.353. The lowest BCUT2D eigenvalue weighted by Gasteiger charge is -2.42. The van der Waals surface area contributed by atoms with Gasteiger partial charge in [-0.1, -0.05) is 19.3 Å². The minimum absolute atomic E-state index is 0.0635. The van der Waals surface area contributed by atoms with Gasteiger partial charge in [0.25, 0.3) is 0 Å². The fourth-order valence-electron chi connectivity index (χ4n) is 3.95. The summed E-state index contributed by atoms with van der Waals surface area (Å²) in [5.41, 5.74) is -1.24. The molecule has 0 bridgehead atoms. The average Bonchev–Trinajstić information content (AvgIpc) is 2.96. The van der Waals surface area contributed by atoms with Crippen LogP contribution in [0.1, 0.15) is 38.5 Å². The van der Waals surface area contributed by atoms with E-state index in [0.717, 1.165) is 25.4 Å². The maximum Gasteiger partial charge on any atom is 0.332 e. The van der Waals surface area contributed by atoms with Crippen molar-refractivity contribution in [2.75, 3.05) is 26.3 Å². The largest absolute Gasteiger partial charge is 0.479 e. The van der Waals surface area contributed by atoms with Crippen LogP contribution < -0.4 is 5.32 Å². The summed E-state index contributed by atoms with van der Waals surface area (Å²) >= 11 is 0. The number of hydrogen-bond donors (Lipinski definition) is 2. The smallest absolute Gasteiger partial charge is 0.332 e. The van der Waals surface area contributed by atoms with E-state index in [-0.39, 0.29) is 12.6 Å². The standard InChI is InChI=1S/C15H24N2O4/c18-13(19)15(6-8-21-10-15)16-14(20)17-7-5-11-3-1-2-4-12(11)9-17/h11-12H,1-10H2,(H,16,20)(H,18,19). The Bertz CT molecular complexity index is 420. The molecule has 0 aromatic carbocycles. The summed E-state index contributed by atoms with van der Waals surface area (Å²) < 4.78 is 5.18. The molecule has 1 saturated carbocycles. The number of urea groups is 1. The Labute approximate surface area is 124 Å². The number of fused-ring (bicyclic) bond motifs is 1. The van der Waals surface area contributed by atoms with E-state index in [4.69, 9.17) is 4.74 Å². The summed E-state index contributed by atoms with van der Waals surface area (Å²) in [6.07, 6.45) is 6.44. The fourth-order valence-corrected chi connectivity index (χ4v) is 3.95. The van der Waals surface area contributed by atoms with Crippen LogP contribution in [-0.4, -0.2) is 53.8 Å². The van der Waals surface area contributed by atoms with Gasteiger partial charge in [0.15, 0.2) is 5.54 Å². The second kappa shape index (κ2) is 5.83. The molecule has 2 aliphatic heterocycles. The molecular weight excluding hydrogens is 272 g/mol. The maximum absolute atomic E-state index is 12.4. The normalized spacial score (nSPS) is 36.1. The number of carboxylic acids is 1. The van der Waals surface area contributed by atoms with Crippen molar-refractivity contribution in [3.63, 3.8) is 0 Å². The summed E-state index contributed by atoms with van der Waals surface area (Å²) in [4.78, 5) is 25.7. The second-order valence-corrected chi connectivity index (χ2v) is 6.66. The Hall–Kier alpha value is -1.30. The van der Waals surface area contributed by atoms with E-state index in [9.17, 15) is 14.7 Å². The number of amides is 2. The lowest BCUT2D eigenvalue weighted by molar-refractivity contribution is -0.144. The zero-order valence-electron chi connectivity index (χ0n) is 12.3. The zero-order chi connectivity index (χ0) is 14.9. The third-order valence-corrected chi connectivity index (χ3v) is 5.36. The number of piperidine rings is 1. The molecular formula is C15H24N2O4. The van der Waals surface area contributed by atoms with E-state index in [1.165, 1.54) is 25.7 Å². The lowest BCUT2D eigenvalue weighted by Crippen LogP contribution is -2.60. The van der Waals surface area contributed by atoms with Crippen LogP contribution in [0.25, 0.3) is 0 Å². The minimum atomic E-state index is -1.24. The molecule has 3 aliphatic rings. The molecule has 3 atom stereocenters. The van der Waals surface area contributed by atoms with Gasteiger partial charge in [0.1, 0.15) is 0 Å². The third kappa shape index (κ3) is 2.86.